The predicted octanol–water partition coefficient (Wildman–Crippen LogP) is 4.76. The summed E-state index contributed by atoms with van der Waals surface area (Å²) in [5.74, 6) is -1.24. The number of aryl methyl sites for hydroxylation is 1. The van der Waals surface area contributed by atoms with Crippen molar-refractivity contribution in [2.75, 3.05) is 0 Å². The van der Waals surface area contributed by atoms with E-state index in [1.165, 1.54) is 28.6 Å². The molecular formula is C19H12FN3O2S. The van der Waals surface area contributed by atoms with Crippen LogP contribution in [0.4, 0.5) is 4.39 Å². The Hall–Kier alpha value is -3.24. The van der Waals surface area contributed by atoms with Crippen molar-refractivity contribution in [3.8, 4) is 17.2 Å². The Morgan fingerprint density at radius 1 is 1.19 bits per heavy atom. The first-order valence-electron chi connectivity index (χ1n) is 7.55. The summed E-state index contributed by atoms with van der Waals surface area (Å²) in [6, 6.07) is 15.5. The first-order chi connectivity index (χ1) is 12.5. The van der Waals surface area contributed by atoms with Crippen molar-refractivity contribution < 1.29 is 9.18 Å². The number of carbonyl (C=O) groups excluding carboxylic acids is 1. The molecule has 0 aliphatic rings. The molecule has 1 aromatic heterocycles. The molecule has 1 heterocycles. The Kier molecular flexibility index (Phi) is 4.96. The monoisotopic (exact) mass is 365 g/mol. The minimum atomic E-state index is -0.936. The van der Waals surface area contributed by atoms with Gasteiger partial charge in [0.05, 0.1) is 5.56 Å². The van der Waals surface area contributed by atoms with Crippen molar-refractivity contribution in [3.63, 3.8) is 0 Å². The number of nitrogens with zero attached hydrogens (tertiary/aromatic N) is 3. The van der Waals surface area contributed by atoms with Crippen LogP contribution in [0.15, 0.2) is 69.7 Å². The van der Waals surface area contributed by atoms with Gasteiger partial charge in [0.15, 0.2) is 0 Å². The molecule has 0 spiro atoms. The van der Waals surface area contributed by atoms with Crippen LogP contribution in [-0.2, 0) is 7.05 Å². The maximum absolute atomic E-state index is 13.8. The fourth-order valence-corrected chi connectivity index (χ4v) is 3.49. The molecule has 3 aromatic rings. The highest BCUT2D eigenvalue weighted by molar-refractivity contribution is 7.99. The molecule has 128 valence electrons. The van der Waals surface area contributed by atoms with Gasteiger partial charge in [-0.1, -0.05) is 36.0 Å². The number of carbonyl (C=O) groups is 1. The Labute approximate surface area is 153 Å². The standard InChI is InChI=1S/C19H12FN3O2S/c1-23-11-13(10-21)17(18(23)19(24)22-25)12-6-8-14(9-7-12)26-16-5-3-2-4-15(16)20/h2-9,11H,1H3. The van der Waals surface area contributed by atoms with Gasteiger partial charge >= 0.3 is 5.91 Å². The molecule has 2 aromatic carbocycles. The Bertz CT molecular complexity index is 1040. The number of amides is 1. The highest BCUT2D eigenvalue weighted by Gasteiger charge is 2.22. The van der Waals surface area contributed by atoms with E-state index in [0.717, 1.165) is 4.90 Å². The molecule has 7 heteroatoms. The smallest absolute Gasteiger partial charge is 0.333 e. The largest absolute Gasteiger partial charge is 0.345 e. The number of benzene rings is 2. The van der Waals surface area contributed by atoms with Gasteiger partial charge in [-0.2, -0.15) is 5.26 Å². The van der Waals surface area contributed by atoms with Gasteiger partial charge in [-0.25, -0.2) is 4.39 Å². The van der Waals surface area contributed by atoms with Crippen molar-refractivity contribution in [1.82, 2.24) is 4.57 Å². The molecule has 3 rings (SSSR count). The van der Waals surface area contributed by atoms with Crippen LogP contribution in [0.25, 0.3) is 11.1 Å². The summed E-state index contributed by atoms with van der Waals surface area (Å²) in [6.45, 7) is 0. The molecule has 5 nitrogen and oxygen atoms in total. The number of hydrogen-bond donors (Lipinski definition) is 0. The van der Waals surface area contributed by atoms with E-state index in [0.29, 0.717) is 16.0 Å². The molecule has 0 N–H and O–H groups in total. The second-order valence-corrected chi connectivity index (χ2v) is 6.56. The maximum Gasteiger partial charge on any atom is 0.333 e. The van der Waals surface area contributed by atoms with Crippen molar-refractivity contribution in [1.29, 1.82) is 5.26 Å². The summed E-state index contributed by atoms with van der Waals surface area (Å²) in [5.41, 5.74) is 1.30. The fraction of sp³-hybridized carbons (Fsp3) is 0.0526. The molecule has 1 amide bonds. The van der Waals surface area contributed by atoms with Crippen LogP contribution in [0.3, 0.4) is 0 Å². The van der Waals surface area contributed by atoms with Crippen molar-refractivity contribution in [3.05, 3.63) is 76.7 Å². The molecule has 0 saturated heterocycles. The quantitative estimate of drug-likeness (QED) is 0.625. The number of aromatic nitrogens is 1. The molecule has 0 atom stereocenters. The van der Waals surface area contributed by atoms with Gasteiger partial charge in [0.1, 0.15) is 17.6 Å². The molecule has 0 saturated carbocycles. The molecular weight excluding hydrogens is 353 g/mol. The van der Waals surface area contributed by atoms with Gasteiger partial charge in [-0.15, -0.1) is 4.91 Å². The molecule has 0 aliphatic heterocycles. The Morgan fingerprint density at radius 3 is 2.50 bits per heavy atom. The summed E-state index contributed by atoms with van der Waals surface area (Å²) < 4.78 is 15.2. The number of hydrogen-bond acceptors (Lipinski definition) is 4. The third-order valence-electron chi connectivity index (χ3n) is 3.79. The van der Waals surface area contributed by atoms with Crippen molar-refractivity contribution in [2.45, 2.75) is 9.79 Å². The normalized spacial score (nSPS) is 10.3. The summed E-state index contributed by atoms with van der Waals surface area (Å²) in [4.78, 5) is 23.8. The molecule has 0 aliphatic carbocycles. The molecule has 0 fully saturated rings. The lowest BCUT2D eigenvalue weighted by Crippen LogP contribution is -2.03. The predicted molar refractivity (Wildman–Crippen MR) is 96.2 cm³/mol. The number of nitriles is 1. The van der Waals surface area contributed by atoms with E-state index in [1.807, 2.05) is 6.07 Å². The average Bonchev–Trinajstić information content (AvgIpc) is 3.00. The van der Waals surface area contributed by atoms with E-state index in [9.17, 15) is 19.4 Å². The van der Waals surface area contributed by atoms with Gasteiger partial charge in [-0.05, 0) is 29.8 Å². The molecule has 26 heavy (non-hydrogen) atoms. The number of nitroso groups, excluding NO2 is 1. The summed E-state index contributed by atoms with van der Waals surface area (Å²) in [5, 5.41) is 11.8. The fourth-order valence-electron chi connectivity index (χ4n) is 2.65. The van der Waals surface area contributed by atoms with Gasteiger partial charge in [-0.3, -0.25) is 4.79 Å². The van der Waals surface area contributed by atoms with E-state index in [-0.39, 0.29) is 17.1 Å². The lowest BCUT2D eigenvalue weighted by Gasteiger charge is -2.06. The van der Waals surface area contributed by atoms with E-state index in [1.54, 1.807) is 49.5 Å². The minimum absolute atomic E-state index is 0.0612. The highest BCUT2D eigenvalue weighted by atomic mass is 32.2. The molecule has 0 radical (unpaired) electrons. The summed E-state index contributed by atoms with van der Waals surface area (Å²) >= 11 is 1.27. The van der Waals surface area contributed by atoms with E-state index >= 15 is 0 Å². The first kappa shape index (κ1) is 17.6. The molecule has 0 unspecified atom stereocenters. The third kappa shape index (κ3) is 3.27. The zero-order valence-electron chi connectivity index (χ0n) is 13.6. The van der Waals surface area contributed by atoms with Crippen LogP contribution in [-0.4, -0.2) is 10.5 Å². The number of halogens is 1. The van der Waals surface area contributed by atoms with Gasteiger partial charge in [0, 0.05) is 33.8 Å². The highest BCUT2D eigenvalue weighted by Crippen LogP contribution is 2.34. The first-order valence-corrected chi connectivity index (χ1v) is 8.36. The number of rotatable bonds is 4. The van der Waals surface area contributed by atoms with Gasteiger partial charge in [0.25, 0.3) is 0 Å². The summed E-state index contributed by atoms with van der Waals surface area (Å²) in [7, 11) is 1.57. The molecule has 0 bridgehead atoms. The van der Waals surface area contributed by atoms with Crippen molar-refractivity contribution in [2.24, 2.45) is 12.2 Å². The lowest BCUT2D eigenvalue weighted by atomic mass is 10.0. The topological polar surface area (TPSA) is 75.2 Å². The second kappa shape index (κ2) is 7.33. The third-order valence-corrected chi connectivity index (χ3v) is 4.85. The average molecular weight is 365 g/mol. The lowest BCUT2D eigenvalue weighted by molar-refractivity contribution is 0.0994. The SMILES string of the molecule is Cn1cc(C#N)c(-c2ccc(Sc3ccccc3F)cc2)c1C(=O)N=O. The second-order valence-electron chi connectivity index (χ2n) is 5.44. The Morgan fingerprint density at radius 2 is 1.88 bits per heavy atom. The van der Waals surface area contributed by atoms with E-state index < -0.39 is 5.91 Å². The van der Waals surface area contributed by atoms with Gasteiger partial charge in [0.2, 0.25) is 0 Å². The minimum Gasteiger partial charge on any atom is -0.345 e. The van der Waals surface area contributed by atoms with Crippen LogP contribution in [0, 0.1) is 22.1 Å². The zero-order valence-corrected chi connectivity index (χ0v) is 14.5. The van der Waals surface area contributed by atoms with Crippen LogP contribution >= 0.6 is 11.8 Å². The van der Waals surface area contributed by atoms with Crippen LogP contribution in [0.5, 0.6) is 0 Å². The maximum atomic E-state index is 13.8. The summed E-state index contributed by atoms with van der Waals surface area (Å²) in [6.07, 6.45) is 1.48. The van der Waals surface area contributed by atoms with E-state index in [4.69, 9.17) is 0 Å². The Balaban J connectivity index is 1.99. The van der Waals surface area contributed by atoms with Crippen LogP contribution < -0.4 is 0 Å². The van der Waals surface area contributed by atoms with E-state index in [2.05, 4.69) is 5.18 Å². The van der Waals surface area contributed by atoms with Gasteiger partial charge < -0.3 is 4.57 Å². The van der Waals surface area contributed by atoms with Crippen LogP contribution in [0.2, 0.25) is 0 Å². The van der Waals surface area contributed by atoms with Crippen LogP contribution in [0.1, 0.15) is 16.1 Å². The zero-order chi connectivity index (χ0) is 18.7. The van der Waals surface area contributed by atoms with Crippen molar-refractivity contribution >= 4 is 17.7 Å².